The highest BCUT2D eigenvalue weighted by molar-refractivity contribution is 4.78. The molecule has 0 spiro atoms. The molecule has 0 saturated carbocycles. The van der Waals surface area contributed by atoms with Crippen LogP contribution in [0.25, 0.3) is 0 Å². The summed E-state index contributed by atoms with van der Waals surface area (Å²) in [4.78, 5) is 0. The Bertz CT molecular complexity index is 204. The van der Waals surface area contributed by atoms with Gasteiger partial charge >= 0.3 is 0 Å². The van der Waals surface area contributed by atoms with Crippen LogP contribution in [0.4, 0.5) is 0 Å². The zero-order valence-corrected chi connectivity index (χ0v) is 12.9. The maximum Gasteiger partial charge on any atom is 0.0635 e. The van der Waals surface area contributed by atoms with E-state index in [0.29, 0.717) is 6.42 Å². The van der Waals surface area contributed by atoms with E-state index in [0.717, 1.165) is 0 Å². The second kappa shape index (κ2) is 8.10. The van der Waals surface area contributed by atoms with Gasteiger partial charge in [0, 0.05) is 11.8 Å². The third-order valence-electron chi connectivity index (χ3n) is 2.63. The Hall–Kier alpha value is -0.160. The molecular formula is C14H32O4. The van der Waals surface area contributed by atoms with E-state index in [1.54, 1.807) is 20.8 Å². The summed E-state index contributed by atoms with van der Waals surface area (Å²) < 4.78 is 0. The molecule has 0 aliphatic heterocycles. The summed E-state index contributed by atoms with van der Waals surface area (Å²) in [6, 6.07) is 0. The van der Waals surface area contributed by atoms with Gasteiger partial charge in [-0.3, -0.25) is 0 Å². The van der Waals surface area contributed by atoms with Gasteiger partial charge in [0.2, 0.25) is 0 Å². The van der Waals surface area contributed by atoms with Gasteiger partial charge in [0.1, 0.15) is 0 Å². The minimum absolute atomic E-state index is 0.0341. The quantitative estimate of drug-likeness (QED) is 0.607. The Morgan fingerprint density at radius 1 is 0.944 bits per heavy atom. The summed E-state index contributed by atoms with van der Waals surface area (Å²) in [7, 11) is 0. The highest BCUT2D eigenvalue weighted by atomic mass is 16.3. The van der Waals surface area contributed by atoms with Gasteiger partial charge in [-0.1, -0.05) is 27.7 Å². The largest absolute Gasteiger partial charge is 0.396 e. The highest BCUT2D eigenvalue weighted by Crippen LogP contribution is 2.24. The fourth-order valence-corrected chi connectivity index (χ4v) is 1.72. The summed E-state index contributed by atoms with van der Waals surface area (Å²) in [5, 5.41) is 36.1. The lowest BCUT2D eigenvalue weighted by Gasteiger charge is -2.30. The molecule has 0 aliphatic carbocycles. The molecule has 2 unspecified atom stereocenters. The molecule has 0 aromatic carbocycles. The lowest BCUT2D eigenvalue weighted by molar-refractivity contribution is -0.0204. The second-order valence-corrected chi connectivity index (χ2v) is 6.70. The molecule has 0 aromatic rings. The first-order chi connectivity index (χ1) is 7.83. The molecule has 0 amide bonds. The molecule has 4 N–H and O–H groups in total. The molecule has 0 aromatic heterocycles. The van der Waals surface area contributed by atoms with Crippen LogP contribution in [0.2, 0.25) is 0 Å². The summed E-state index contributed by atoms with van der Waals surface area (Å²) in [6.07, 6.45) is -0.389. The van der Waals surface area contributed by atoms with Crippen LogP contribution in [-0.4, -0.2) is 44.8 Å². The Balaban J connectivity index is 0. The topological polar surface area (TPSA) is 80.9 Å². The molecule has 112 valence electrons. The maximum atomic E-state index is 9.49. The van der Waals surface area contributed by atoms with Crippen LogP contribution in [-0.2, 0) is 0 Å². The van der Waals surface area contributed by atoms with Crippen LogP contribution in [0, 0.1) is 11.3 Å². The van der Waals surface area contributed by atoms with Crippen molar-refractivity contribution in [3.05, 3.63) is 0 Å². The maximum absolute atomic E-state index is 9.49. The van der Waals surface area contributed by atoms with Gasteiger partial charge < -0.3 is 20.4 Å². The number of aliphatic hydroxyl groups excluding tert-OH is 3. The highest BCUT2D eigenvalue weighted by Gasteiger charge is 2.28. The van der Waals surface area contributed by atoms with Crippen molar-refractivity contribution in [2.24, 2.45) is 11.3 Å². The van der Waals surface area contributed by atoms with Gasteiger partial charge in [-0.25, -0.2) is 0 Å². The first-order valence-corrected chi connectivity index (χ1v) is 6.53. The predicted molar refractivity (Wildman–Crippen MR) is 74.3 cm³/mol. The average Bonchev–Trinajstić information content (AvgIpc) is 2.13. The molecule has 2 atom stereocenters. The fourth-order valence-electron chi connectivity index (χ4n) is 1.72. The smallest absolute Gasteiger partial charge is 0.0635 e. The van der Waals surface area contributed by atoms with Crippen LogP contribution in [0.1, 0.15) is 54.9 Å². The van der Waals surface area contributed by atoms with E-state index >= 15 is 0 Å². The van der Waals surface area contributed by atoms with Crippen LogP contribution >= 0.6 is 0 Å². The van der Waals surface area contributed by atoms with Crippen molar-refractivity contribution < 1.29 is 20.4 Å². The van der Waals surface area contributed by atoms with Crippen LogP contribution in [0.3, 0.4) is 0 Å². The number of aliphatic hydroxyl groups is 4. The van der Waals surface area contributed by atoms with Gasteiger partial charge in [-0.05, 0) is 26.7 Å². The predicted octanol–water partition coefficient (Wildman–Crippen LogP) is 1.55. The first-order valence-electron chi connectivity index (χ1n) is 6.53. The Morgan fingerprint density at radius 2 is 1.33 bits per heavy atom. The zero-order valence-electron chi connectivity index (χ0n) is 12.9. The molecule has 0 fully saturated rings. The minimum Gasteiger partial charge on any atom is -0.396 e. The van der Waals surface area contributed by atoms with E-state index in [9.17, 15) is 5.11 Å². The molecule has 4 heteroatoms. The van der Waals surface area contributed by atoms with Crippen molar-refractivity contribution in [3.8, 4) is 0 Å². The average molecular weight is 264 g/mol. The van der Waals surface area contributed by atoms with E-state index in [1.807, 2.05) is 27.7 Å². The van der Waals surface area contributed by atoms with Crippen molar-refractivity contribution in [1.82, 2.24) is 0 Å². The molecule has 18 heavy (non-hydrogen) atoms. The van der Waals surface area contributed by atoms with E-state index in [2.05, 4.69) is 0 Å². The third-order valence-corrected chi connectivity index (χ3v) is 2.63. The van der Waals surface area contributed by atoms with Crippen molar-refractivity contribution >= 4 is 0 Å². The standard InChI is InChI=1S/C8H18O2.C6H14O2/c1-6(2)7(10)8(3,4)5-9;1-5(7)4-6(2,3)8/h6-7,9-10H,5H2,1-4H3;5,7-8H,4H2,1-3H3. The summed E-state index contributed by atoms with van der Waals surface area (Å²) in [6.45, 7) is 12.7. The number of rotatable bonds is 5. The second-order valence-electron chi connectivity index (χ2n) is 6.70. The van der Waals surface area contributed by atoms with Crippen LogP contribution < -0.4 is 0 Å². The molecule has 0 aliphatic rings. The lowest BCUT2D eigenvalue weighted by atomic mass is 9.82. The zero-order chi connectivity index (χ0) is 15.1. The summed E-state index contributed by atoms with van der Waals surface area (Å²) in [5.74, 6) is 0.210. The molecule has 0 rings (SSSR count). The van der Waals surface area contributed by atoms with E-state index in [1.165, 1.54) is 0 Å². The Labute approximate surface area is 112 Å². The minimum atomic E-state index is -0.728. The van der Waals surface area contributed by atoms with Crippen LogP contribution in [0.5, 0.6) is 0 Å². The van der Waals surface area contributed by atoms with Crippen molar-refractivity contribution in [2.75, 3.05) is 6.61 Å². The Kier molecular flexibility index (Phi) is 9.07. The van der Waals surface area contributed by atoms with Gasteiger partial charge in [-0.15, -0.1) is 0 Å². The van der Waals surface area contributed by atoms with E-state index < -0.39 is 17.8 Å². The van der Waals surface area contributed by atoms with Gasteiger partial charge in [-0.2, -0.15) is 0 Å². The lowest BCUT2D eigenvalue weighted by Crippen LogP contribution is -2.36. The molecular weight excluding hydrogens is 232 g/mol. The fraction of sp³-hybridized carbons (Fsp3) is 1.00. The SMILES string of the molecule is CC(C)C(O)C(C)(C)CO.CC(O)CC(C)(C)O. The molecule has 0 saturated heterocycles. The summed E-state index contributed by atoms with van der Waals surface area (Å²) in [5.41, 5.74) is -1.09. The van der Waals surface area contributed by atoms with Crippen LogP contribution in [0.15, 0.2) is 0 Å². The normalized spacial score (nSPS) is 16.0. The monoisotopic (exact) mass is 264 g/mol. The van der Waals surface area contributed by atoms with E-state index in [-0.39, 0.29) is 17.9 Å². The van der Waals surface area contributed by atoms with Gasteiger partial charge in [0.05, 0.1) is 24.4 Å². The Morgan fingerprint density at radius 3 is 1.39 bits per heavy atom. The third kappa shape index (κ3) is 11.0. The number of hydrogen-bond donors (Lipinski definition) is 4. The van der Waals surface area contributed by atoms with E-state index in [4.69, 9.17) is 15.3 Å². The first kappa shape index (κ1) is 20.2. The molecule has 0 bridgehead atoms. The molecule has 4 nitrogen and oxygen atoms in total. The summed E-state index contributed by atoms with van der Waals surface area (Å²) >= 11 is 0. The van der Waals surface area contributed by atoms with Gasteiger partial charge in [0.25, 0.3) is 0 Å². The van der Waals surface area contributed by atoms with Crippen molar-refractivity contribution in [2.45, 2.75) is 72.7 Å². The molecule has 0 radical (unpaired) electrons. The van der Waals surface area contributed by atoms with Crippen molar-refractivity contribution in [1.29, 1.82) is 0 Å². The van der Waals surface area contributed by atoms with Gasteiger partial charge in [0.15, 0.2) is 0 Å². The molecule has 0 heterocycles. The number of hydrogen-bond acceptors (Lipinski definition) is 4. The van der Waals surface area contributed by atoms with Crippen molar-refractivity contribution in [3.63, 3.8) is 0 Å².